The summed E-state index contributed by atoms with van der Waals surface area (Å²) in [6.45, 7) is 0.511. The van der Waals surface area contributed by atoms with E-state index >= 15 is 0 Å². The summed E-state index contributed by atoms with van der Waals surface area (Å²) in [5, 5.41) is 13.6. The first-order valence-electron chi connectivity index (χ1n) is 9.75. The van der Waals surface area contributed by atoms with Gasteiger partial charge in [-0.25, -0.2) is 0 Å². The molecule has 0 fully saturated rings. The number of hydrogen-bond acceptors (Lipinski definition) is 4. The van der Waals surface area contributed by atoms with Gasteiger partial charge in [0.25, 0.3) is 17.5 Å². The summed E-state index contributed by atoms with van der Waals surface area (Å²) in [5.41, 5.74) is 2.92. The first kappa shape index (κ1) is 20.0. The molecule has 0 radical (unpaired) electrons. The van der Waals surface area contributed by atoms with Gasteiger partial charge in [0.05, 0.1) is 4.92 Å². The number of anilines is 1. The normalized spacial score (nSPS) is 12.9. The number of non-ortho nitro benzene ring substituents is 1. The number of nitro benzene ring substituents is 1. The summed E-state index contributed by atoms with van der Waals surface area (Å²) in [7, 11) is 0. The van der Waals surface area contributed by atoms with Crippen LogP contribution in [0.4, 0.5) is 11.4 Å². The van der Waals surface area contributed by atoms with Gasteiger partial charge in [-0.1, -0.05) is 36.4 Å². The van der Waals surface area contributed by atoms with Crippen LogP contribution < -0.4 is 10.2 Å². The molecule has 0 saturated carbocycles. The average Bonchev–Trinajstić information content (AvgIpc) is 3.23. The summed E-state index contributed by atoms with van der Waals surface area (Å²) in [6, 6.07) is 22.1. The molecule has 154 valence electrons. The lowest BCUT2D eigenvalue weighted by atomic mass is 10.1. The molecular weight excluding hydrogens is 394 g/mol. The zero-order chi connectivity index (χ0) is 21.8. The van der Waals surface area contributed by atoms with E-state index in [9.17, 15) is 19.7 Å². The molecule has 2 amide bonds. The lowest BCUT2D eigenvalue weighted by molar-refractivity contribution is -0.384. The number of fused-ring (bicyclic) bond motifs is 1. The van der Waals surface area contributed by atoms with Crippen molar-refractivity contribution >= 4 is 29.3 Å². The highest BCUT2D eigenvalue weighted by Gasteiger charge is 2.27. The first-order chi connectivity index (χ1) is 15.0. The zero-order valence-electron chi connectivity index (χ0n) is 16.5. The van der Waals surface area contributed by atoms with E-state index in [1.54, 1.807) is 35.2 Å². The largest absolute Gasteiger partial charge is 0.317 e. The van der Waals surface area contributed by atoms with Gasteiger partial charge in [0.15, 0.2) is 0 Å². The van der Waals surface area contributed by atoms with E-state index in [-0.39, 0.29) is 17.3 Å². The van der Waals surface area contributed by atoms with E-state index in [0.717, 1.165) is 17.7 Å². The van der Waals surface area contributed by atoms with Crippen LogP contribution in [0.25, 0.3) is 6.08 Å². The van der Waals surface area contributed by atoms with Gasteiger partial charge in [0, 0.05) is 29.9 Å². The molecule has 1 aliphatic rings. The number of nitrogens with one attached hydrogen (secondary N) is 1. The monoisotopic (exact) mass is 413 g/mol. The van der Waals surface area contributed by atoms with Crippen LogP contribution in [0.1, 0.15) is 21.5 Å². The Bertz CT molecular complexity index is 1170. The Labute approximate surface area is 178 Å². The number of hydrogen-bond donors (Lipinski definition) is 1. The predicted octanol–water partition coefficient (Wildman–Crippen LogP) is 3.96. The van der Waals surface area contributed by atoms with Crippen LogP contribution in [0.5, 0.6) is 0 Å². The first-order valence-corrected chi connectivity index (χ1v) is 9.75. The summed E-state index contributed by atoms with van der Waals surface area (Å²) in [5.74, 6) is -0.748. The number of nitro groups is 1. The molecule has 3 aromatic rings. The highest BCUT2D eigenvalue weighted by atomic mass is 16.6. The Morgan fingerprint density at radius 1 is 0.935 bits per heavy atom. The number of rotatable bonds is 5. The number of para-hydroxylation sites is 1. The summed E-state index contributed by atoms with van der Waals surface area (Å²) in [6.07, 6.45) is 2.27. The lowest BCUT2D eigenvalue weighted by Crippen LogP contribution is -2.37. The standard InChI is InChI=1S/C24H19N3O4/c28-23(19-7-2-1-3-8-19)25-21(16-17-10-12-20(13-11-17)27(30)31)24(29)26-15-14-18-6-4-5-9-22(18)26/h1-13,16H,14-15H2,(H,25,28). The van der Waals surface area contributed by atoms with E-state index in [1.807, 2.05) is 24.3 Å². The van der Waals surface area contributed by atoms with Gasteiger partial charge >= 0.3 is 0 Å². The molecule has 0 unspecified atom stereocenters. The molecule has 7 heteroatoms. The van der Waals surface area contributed by atoms with E-state index in [4.69, 9.17) is 0 Å². The Balaban J connectivity index is 1.67. The van der Waals surface area contributed by atoms with Gasteiger partial charge in [-0.3, -0.25) is 19.7 Å². The van der Waals surface area contributed by atoms with Crippen molar-refractivity contribution in [3.8, 4) is 0 Å². The van der Waals surface area contributed by atoms with Crippen molar-refractivity contribution < 1.29 is 14.5 Å². The molecule has 1 heterocycles. The van der Waals surface area contributed by atoms with Crippen LogP contribution in [-0.2, 0) is 11.2 Å². The molecular formula is C24H19N3O4. The Morgan fingerprint density at radius 2 is 1.61 bits per heavy atom. The topological polar surface area (TPSA) is 92.5 Å². The second-order valence-electron chi connectivity index (χ2n) is 7.06. The molecule has 0 aliphatic carbocycles. The van der Waals surface area contributed by atoms with Crippen LogP contribution in [0.2, 0.25) is 0 Å². The number of amides is 2. The van der Waals surface area contributed by atoms with Gasteiger partial charge in [-0.2, -0.15) is 0 Å². The minimum Gasteiger partial charge on any atom is -0.317 e. The third-order valence-corrected chi connectivity index (χ3v) is 5.06. The molecule has 0 spiro atoms. The predicted molar refractivity (Wildman–Crippen MR) is 117 cm³/mol. The maximum atomic E-state index is 13.4. The van der Waals surface area contributed by atoms with Gasteiger partial charge in [0.1, 0.15) is 5.70 Å². The number of carbonyl (C=O) groups excluding carboxylic acids is 2. The second-order valence-corrected chi connectivity index (χ2v) is 7.06. The molecule has 1 N–H and O–H groups in total. The Hall–Kier alpha value is -4.26. The molecule has 3 aromatic carbocycles. The quantitative estimate of drug-likeness (QED) is 0.389. The number of benzene rings is 3. The van der Waals surface area contributed by atoms with Crippen molar-refractivity contribution in [3.63, 3.8) is 0 Å². The Kier molecular flexibility index (Phi) is 5.57. The van der Waals surface area contributed by atoms with E-state index < -0.39 is 10.8 Å². The van der Waals surface area contributed by atoms with E-state index in [0.29, 0.717) is 17.7 Å². The number of nitrogens with zero attached hydrogens (tertiary/aromatic N) is 2. The fourth-order valence-electron chi connectivity index (χ4n) is 3.49. The van der Waals surface area contributed by atoms with Crippen LogP contribution >= 0.6 is 0 Å². The maximum absolute atomic E-state index is 13.4. The van der Waals surface area contributed by atoms with Crippen LogP contribution in [0.3, 0.4) is 0 Å². The third-order valence-electron chi connectivity index (χ3n) is 5.06. The molecule has 0 atom stereocenters. The maximum Gasteiger partial charge on any atom is 0.274 e. The number of carbonyl (C=O) groups is 2. The summed E-state index contributed by atoms with van der Waals surface area (Å²) < 4.78 is 0. The van der Waals surface area contributed by atoms with E-state index in [1.165, 1.54) is 30.3 Å². The molecule has 0 bridgehead atoms. The Morgan fingerprint density at radius 3 is 2.32 bits per heavy atom. The van der Waals surface area contributed by atoms with Crippen LogP contribution in [-0.4, -0.2) is 23.3 Å². The van der Waals surface area contributed by atoms with Crippen LogP contribution in [0, 0.1) is 10.1 Å². The van der Waals surface area contributed by atoms with Crippen molar-refractivity contribution in [1.29, 1.82) is 0 Å². The van der Waals surface area contributed by atoms with Crippen molar-refractivity contribution in [2.45, 2.75) is 6.42 Å². The summed E-state index contributed by atoms with van der Waals surface area (Å²) >= 11 is 0. The average molecular weight is 413 g/mol. The van der Waals surface area contributed by atoms with Gasteiger partial charge in [-0.05, 0) is 54.0 Å². The van der Waals surface area contributed by atoms with Crippen molar-refractivity contribution in [2.24, 2.45) is 0 Å². The smallest absolute Gasteiger partial charge is 0.274 e. The second kappa shape index (κ2) is 8.62. The molecule has 0 saturated heterocycles. The third kappa shape index (κ3) is 4.35. The van der Waals surface area contributed by atoms with Gasteiger partial charge in [0.2, 0.25) is 0 Å². The molecule has 0 aromatic heterocycles. The highest BCUT2D eigenvalue weighted by molar-refractivity contribution is 6.12. The van der Waals surface area contributed by atoms with Crippen molar-refractivity contribution in [3.05, 3.63) is 111 Å². The molecule has 31 heavy (non-hydrogen) atoms. The van der Waals surface area contributed by atoms with Crippen LogP contribution in [0.15, 0.2) is 84.6 Å². The fourth-order valence-corrected chi connectivity index (χ4v) is 3.49. The zero-order valence-corrected chi connectivity index (χ0v) is 16.5. The SMILES string of the molecule is O=C(NC(=Cc1ccc([N+](=O)[O-])cc1)C(=O)N1CCc2ccccc21)c1ccccc1. The minimum absolute atomic E-state index is 0.0492. The molecule has 4 rings (SSSR count). The fraction of sp³-hybridized carbons (Fsp3) is 0.0833. The van der Waals surface area contributed by atoms with Gasteiger partial charge < -0.3 is 10.2 Å². The molecule has 7 nitrogen and oxygen atoms in total. The van der Waals surface area contributed by atoms with Crippen molar-refractivity contribution in [1.82, 2.24) is 5.32 Å². The van der Waals surface area contributed by atoms with E-state index in [2.05, 4.69) is 5.32 Å². The highest BCUT2D eigenvalue weighted by Crippen LogP contribution is 2.29. The summed E-state index contributed by atoms with van der Waals surface area (Å²) in [4.78, 5) is 38.2. The van der Waals surface area contributed by atoms with Crippen molar-refractivity contribution in [2.75, 3.05) is 11.4 Å². The lowest BCUT2D eigenvalue weighted by Gasteiger charge is -2.20. The minimum atomic E-state index is -0.488. The molecule has 1 aliphatic heterocycles. The van der Waals surface area contributed by atoms with Gasteiger partial charge in [-0.15, -0.1) is 0 Å².